The normalized spacial score (nSPS) is 19.5. The first-order valence-corrected chi connectivity index (χ1v) is 7.66. The van der Waals surface area contributed by atoms with Gasteiger partial charge < -0.3 is 16.0 Å². The first-order chi connectivity index (χ1) is 9.74. The van der Waals surface area contributed by atoms with E-state index < -0.39 is 0 Å². The number of benzene rings is 1. The lowest BCUT2D eigenvalue weighted by Crippen LogP contribution is -2.47. The molecule has 1 aliphatic heterocycles. The Balaban J connectivity index is 1.63. The van der Waals surface area contributed by atoms with Crippen LogP contribution < -0.4 is 11.1 Å². The molecule has 2 aliphatic rings. The summed E-state index contributed by atoms with van der Waals surface area (Å²) >= 11 is 0. The van der Waals surface area contributed by atoms with Crippen molar-refractivity contribution in [2.24, 2.45) is 0 Å². The van der Waals surface area contributed by atoms with Gasteiger partial charge in [-0.1, -0.05) is 31.4 Å². The van der Waals surface area contributed by atoms with Gasteiger partial charge in [0.05, 0.1) is 0 Å². The molecule has 1 fully saturated rings. The van der Waals surface area contributed by atoms with Gasteiger partial charge in [0, 0.05) is 24.8 Å². The van der Waals surface area contributed by atoms with E-state index >= 15 is 0 Å². The van der Waals surface area contributed by atoms with Crippen LogP contribution in [0.3, 0.4) is 0 Å². The summed E-state index contributed by atoms with van der Waals surface area (Å²) in [5.74, 6) is 0. The number of anilines is 1. The molecular formula is C16H23N3O. The summed E-state index contributed by atoms with van der Waals surface area (Å²) in [5, 5.41) is 3.19. The number of rotatable bonds is 1. The molecule has 108 valence electrons. The molecule has 0 aromatic heterocycles. The molecule has 1 saturated carbocycles. The molecule has 1 aliphatic carbocycles. The van der Waals surface area contributed by atoms with Crippen LogP contribution in [0.25, 0.3) is 0 Å². The van der Waals surface area contributed by atoms with Crippen molar-refractivity contribution in [3.63, 3.8) is 0 Å². The van der Waals surface area contributed by atoms with Crippen molar-refractivity contribution in [2.75, 3.05) is 12.3 Å². The fourth-order valence-corrected chi connectivity index (χ4v) is 3.33. The molecule has 0 atom stereocenters. The van der Waals surface area contributed by atoms with Crippen molar-refractivity contribution < 1.29 is 4.79 Å². The molecule has 0 unspecified atom stereocenters. The molecule has 0 radical (unpaired) electrons. The van der Waals surface area contributed by atoms with Gasteiger partial charge >= 0.3 is 6.03 Å². The van der Waals surface area contributed by atoms with Gasteiger partial charge in [-0.2, -0.15) is 0 Å². The van der Waals surface area contributed by atoms with Gasteiger partial charge in [0.1, 0.15) is 0 Å². The van der Waals surface area contributed by atoms with Crippen LogP contribution in [0.15, 0.2) is 18.2 Å². The van der Waals surface area contributed by atoms with Crippen LogP contribution in [-0.2, 0) is 13.0 Å². The van der Waals surface area contributed by atoms with E-state index in [1.165, 1.54) is 30.4 Å². The van der Waals surface area contributed by atoms with Crippen molar-refractivity contribution in [1.29, 1.82) is 0 Å². The zero-order chi connectivity index (χ0) is 13.9. The third-order valence-electron chi connectivity index (χ3n) is 4.52. The molecule has 1 aromatic rings. The number of fused-ring (bicyclic) bond motifs is 1. The van der Waals surface area contributed by atoms with Crippen LogP contribution in [0.1, 0.15) is 43.2 Å². The average Bonchev–Trinajstić information content (AvgIpc) is 2.48. The van der Waals surface area contributed by atoms with Crippen molar-refractivity contribution in [1.82, 2.24) is 10.2 Å². The predicted molar refractivity (Wildman–Crippen MR) is 80.4 cm³/mol. The van der Waals surface area contributed by atoms with Gasteiger partial charge in [0.25, 0.3) is 0 Å². The number of hydrogen-bond donors (Lipinski definition) is 2. The fourth-order valence-electron chi connectivity index (χ4n) is 3.33. The second kappa shape index (κ2) is 5.73. The number of hydrogen-bond acceptors (Lipinski definition) is 2. The number of nitrogens with zero attached hydrogens (tertiary/aromatic N) is 1. The van der Waals surface area contributed by atoms with Crippen LogP contribution in [-0.4, -0.2) is 23.5 Å². The smallest absolute Gasteiger partial charge is 0.317 e. The minimum atomic E-state index is 0.0879. The largest absolute Gasteiger partial charge is 0.398 e. The Hall–Kier alpha value is -1.71. The number of nitrogens with one attached hydrogen (secondary N) is 1. The number of carbonyl (C=O) groups is 1. The molecular weight excluding hydrogens is 250 g/mol. The Morgan fingerprint density at radius 1 is 1.25 bits per heavy atom. The molecule has 1 aromatic carbocycles. The first kappa shape index (κ1) is 13.3. The number of nitrogen functional groups attached to an aromatic ring is 1. The summed E-state index contributed by atoms with van der Waals surface area (Å²) in [6.45, 7) is 1.44. The molecule has 4 heteroatoms. The Bertz CT molecular complexity index is 494. The lowest BCUT2D eigenvalue weighted by Gasteiger charge is -2.32. The Morgan fingerprint density at radius 3 is 2.85 bits per heavy atom. The SMILES string of the molecule is Nc1cccc2c1CCN(C(=O)NC1CCCCC1)C2. The molecule has 0 saturated heterocycles. The van der Waals surface area contributed by atoms with E-state index in [-0.39, 0.29) is 6.03 Å². The Morgan fingerprint density at radius 2 is 2.05 bits per heavy atom. The van der Waals surface area contributed by atoms with Gasteiger partial charge in [-0.05, 0) is 36.5 Å². The zero-order valence-corrected chi connectivity index (χ0v) is 11.9. The third-order valence-corrected chi connectivity index (χ3v) is 4.52. The summed E-state index contributed by atoms with van der Waals surface area (Å²) in [5.41, 5.74) is 9.26. The second-order valence-corrected chi connectivity index (χ2v) is 5.94. The maximum Gasteiger partial charge on any atom is 0.317 e. The maximum absolute atomic E-state index is 12.3. The molecule has 0 spiro atoms. The van der Waals surface area contributed by atoms with Crippen LogP contribution in [0.4, 0.5) is 10.5 Å². The van der Waals surface area contributed by atoms with Gasteiger partial charge in [-0.3, -0.25) is 0 Å². The third kappa shape index (κ3) is 2.74. The zero-order valence-electron chi connectivity index (χ0n) is 11.9. The molecule has 1 heterocycles. The lowest BCUT2D eigenvalue weighted by molar-refractivity contribution is 0.184. The molecule has 2 amide bonds. The van der Waals surface area contributed by atoms with Gasteiger partial charge in [0.15, 0.2) is 0 Å². The molecule has 20 heavy (non-hydrogen) atoms. The highest BCUT2D eigenvalue weighted by Gasteiger charge is 2.24. The quantitative estimate of drug-likeness (QED) is 0.773. The van der Waals surface area contributed by atoms with E-state index in [0.29, 0.717) is 12.6 Å². The van der Waals surface area contributed by atoms with Crippen LogP contribution in [0.2, 0.25) is 0 Å². The van der Waals surface area contributed by atoms with Crippen molar-refractivity contribution in [3.8, 4) is 0 Å². The predicted octanol–water partition coefficient (Wildman–Crippen LogP) is 2.67. The Kier molecular flexibility index (Phi) is 3.81. The molecule has 4 nitrogen and oxygen atoms in total. The molecule has 0 bridgehead atoms. The summed E-state index contributed by atoms with van der Waals surface area (Å²) in [6, 6.07) is 6.45. The number of amides is 2. The number of nitrogens with two attached hydrogens (primary N) is 1. The maximum atomic E-state index is 12.3. The monoisotopic (exact) mass is 273 g/mol. The van der Waals surface area contributed by atoms with Crippen LogP contribution in [0.5, 0.6) is 0 Å². The van der Waals surface area contributed by atoms with Crippen molar-refractivity contribution in [2.45, 2.75) is 51.1 Å². The Labute approximate surface area is 120 Å². The van der Waals surface area contributed by atoms with E-state index in [1.54, 1.807) is 0 Å². The highest BCUT2D eigenvalue weighted by Crippen LogP contribution is 2.24. The minimum absolute atomic E-state index is 0.0879. The summed E-state index contributed by atoms with van der Waals surface area (Å²) in [6.07, 6.45) is 6.91. The van der Waals surface area contributed by atoms with E-state index in [1.807, 2.05) is 17.0 Å². The summed E-state index contributed by atoms with van der Waals surface area (Å²) < 4.78 is 0. The topological polar surface area (TPSA) is 58.4 Å². The standard InChI is InChI=1S/C16H23N3O/c17-15-8-4-5-12-11-19(10-9-14(12)15)16(20)18-13-6-2-1-3-7-13/h4-5,8,13H,1-3,6-7,9-11,17H2,(H,18,20). The van der Waals surface area contributed by atoms with Gasteiger partial charge in [-0.25, -0.2) is 4.79 Å². The fraction of sp³-hybridized carbons (Fsp3) is 0.562. The number of urea groups is 1. The van der Waals surface area contributed by atoms with E-state index in [0.717, 1.165) is 31.5 Å². The summed E-state index contributed by atoms with van der Waals surface area (Å²) in [4.78, 5) is 14.3. The lowest BCUT2D eigenvalue weighted by atomic mass is 9.95. The van der Waals surface area contributed by atoms with Gasteiger partial charge in [-0.15, -0.1) is 0 Å². The highest BCUT2D eigenvalue weighted by molar-refractivity contribution is 5.75. The van der Waals surface area contributed by atoms with Crippen LogP contribution >= 0.6 is 0 Å². The molecule has 3 rings (SSSR count). The second-order valence-electron chi connectivity index (χ2n) is 5.94. The van der Waals surface area contributed by atoms with Crippen molar-refractivity contribution >= 4 is 11.7 Å². The van der Waals surface area contributed by atoms with E-state index in [9.17, 15) is 4.79 Å². The average molecular weight is 273 g/mol. The van der Waals surface area contributed by atoms with E-state index in [2.05, 4.69) is 11.4 Å². The number of carbonyl (C=O) groups excluding carboxylic acids is 1. The summed E-state index contributed by atoms with van der Waals surface area (Å²) in [7, 11) is 0. The first-order valence-electron chi connectivity index (χ1n) is 7.66. The van der Waals surface area contributed by atoms with Crippen LogP contribution in [0, 0.1) is 0 Å². The molecule has 3 N–H and O–H groups in total. The van der Waals surface area contributed by atoms with Crippen molar-refractivity contribution in [3.05, 3.63) is 29.3 Å². The minimum Gasteiger partial charge on any atom is -0.398 e. The van der Waals surface area contributed by atoms with Gasteiger partial charge in [0.2, 0.25) is 0 Å². The highest BCUT2D eigenvalue weighted by atomic mass is 16.2. The van der Waals surface area contributed by atoms with E-state index in [4.69, 9.17) is 5.73 Å².